The van der Waals surface area contributed by atoms with Crippen molar-refractivity contribution in [2.45, 2.75) is 121 Å². The predicted molar refractivity (Wildman–Crippen MR) is 207 cm³/mol. The largest absolute Gasteiger partial charge is 0.456 e. The van der Waals surface area contributed by atoms with E-state index in [0.29, 0.717) is 0 Å². The Kier molecular flexibility index (Phi) is 12.0. The fourth-order valence-corrected chi connectivity index (χ4v) is 10.2. The van der Waals surface area contributed by atoms with Gasteiger partial charge >= 0.3 is 18.0 Å². The summed E-state index contributed by atoms with van der Waals surface area (Å²) < 4.78 is 50.5. The molecule has 0 aromatic heterocycles. The first-order valence-corrected chi connectivity index (χ1v) is 19.9. The Morgan fingerprint density at radius 2 is 1.67 bits per heavy atom. The van der Waals surface area contributed by atoms with Crippen LogP contribution in [0.1, 0.15) is 89.7 Å². The number of Topliss-reactive ketones (excluding diaryl/α,β-unsaturated/α-hetero) is 2. The van der Waals surface area contributed by atoms with Gasteiger partial charge in [0.2, 0.25) is 0 Å². The molecule has 0 radical (unpaired) electrons. The summed E-state index contributed by atoms with van der Waals surface area (Å²) in [6.45, 7) is 8.47. The number of alkyl halides is 1. The zero-order valence-electron chi connectivity index (χ0n) is 34.6. The van der Waals surface area contributed by atoms with Crippen LogP contribution in [0.2, 0.25) is 0 Å². The van der Waals surface area contributed by atoms with E-state index in [-0.39, 0.29) is 35.3 Å². The van der Waals surface area contributed by atoms with Gasteiger partial charge in [-0.05, 0) is 56.5 Å². The number of carbonyl (C=O) groups is 5. The average Bonchev–Trinajstić information content (AvgIpc) is 3.18. The molecule has 1 saturated heterocycles. The third kappa shape index (κ3) is 7.44. The smallest absolute Gasteiger partial charge is 0.408 e. The molecule has 2 aromatic rings. The molecule has 2 saturated carbocycles. The first kappa shape index (κ1) is 44.9. The van der Waals surface area contributed by atoms with Gasteiger partial charge in [0.15, 0.2) is 23.3 Å². The van der Waals surface area contributed by atoms with E-state index in [1.807, 2.05) is 0 Å². The lowest BCUT2D eigenvalue weighted by atomic mass is 9.42. The number of benzene rings is 2. The van der Waals surface area contributed by atoms with Crippen molar-refractivity contribution in [3.8, 4) is 0 Å². The van der Waals surface area contributed by atoms with Crippen LogP contribution in [0.3, 0.4) is 0 Å². The third-order valence-electron chi connectivity index (χ3n) is 13.4. The topological polar surface area (TPSA) is 215 Å². The van der Waals surface area contributed by atoms with Crippen LogP contribution in [0.25, 0.3) is 0 Å². The third-order valence-corrected chi connectivity index (χ3v) is 13.4. The van der Waals surface area contributed by atoms with E-state index < -0.39 is 131 Å². The van der Waals surface area contributed by atoms with Gasteiger partial charge in [0, 0.05) is 49.0 Å². The lowest BCUT2D eigenvalue weighted by molar-refractivity contribution is -0.339. The van der Waals surface area contributed by atoms with Crippen LogP contribution in [0.5, 0.6) is 0 Å². The first-order valence-electron chi connectivity index (χ1n) is 19.9. The Labute approximate surface area is 346 Å². The highest BCUT2D eigenvalue weighted by molar-refractivity contribution is 5.97. The molecule has 5 N–H and O–H groups in total. The van der Waals surface area contributed by atoms with E-state index in [1.165, 1.54) is 39.8 Å². The summed E-state index contributed by atoms with van der Waals surface area (Å²) in [6.07, 6.45) is -10.6. The average molecular weight is 842 g/mol. The second-order valence-corrected chi connectivity index (χ2v) is 17.9. The molecule has 14 nitrogen and oxygen atoms in total. The van der Waals surface area contributed by atoms with E-state index in [4.69, 9.17) is 18.9 Å². The van der Waals surface area contributed by atoms with E-state index >= 15 is 0 Å². The number of ether oxygens (including phenoxy) is 4. The minimum Gasteiger partial charge on any atom is -0.456 e. The van der Waals surface area contributed by atoms with Crippen LogP contribution in [0.15, 0.2) is 65.7 Å². The van der Waals surface area contributed by atoms with Crippen molar-refractivity contribution in [1.82, 2.24) is 5.32 Å². The number of alkyl carbamates (subject to hydrolysis) is 1. The summed E-state index contributed by atoms with van der Waals surface area (Å²) in [4.78, 5) is 69.2. The van der Waals surface area contributed by atoms with E-state index in [2.05, 4.69) is 5.32 Å². The van der Waals surface area contributed by atoms with Crippen molar-refractivity contribution in [1.29, 1.82) is 0 Å². The van der Waals surface area contributed by atoms with E-state index in [1.54, 1.807) is 44.2 Å². The molecule has 60 heavy (non-hydrogen) atoms. The van der Waals surface area contributed by atoms with Crippen LogP contribution in [0.4, 0.5) is 13.6 Å². The van der Waals surface area contributed by atoms with Crippen molar-refractivity contribution >= 4 is 29.6 Å². The van der Waals surface area contributed by atoms with Crippen molar-refractivity contribution in [2.24, 2.45) is 22.7 Å². The van der Waals surface area contributed by atoms with Gasteiger partial charge in [-0.1, -0.05) is 56.3 Å². The summed E-state index contributed by atoms with van der Waals surface area (Å²) in [5.41, 5.74) is -8.62. The monoisotopic (exact) mass is 841 g/mol. The highest BCUT2D eigenvalue weighted by atomic mass is 19.1. The van der Waals surface area contributed by atoms with Crippen molar-refractivity contribution in [3.05, 3.63) is 82.7 Å². The second kappa shape index (κ2) is 16.0. The molecule has 0 spiro atoms. The zero-order chi connectivity index (χ0) is 44.3. The van der Waals surface area contributed by atoms with Crippen molar-refractivity contribution in [3.63, 3.8) is 0 Å². The first-order chi connectivity index (χ1) is 27.9. The lowest BCUT2D eigenvalue weighted by Gasteiger charge is -2.68. The molecular formula is C44H53F2NO13. The number of hydrogen-bond acceptors (Lipinski definition) is 13. The molecule has 4 aliphatic rings. The molecule has 16 heteroatoms. The predicted octanol–water partition coefficient (Wildman–Crippen LogP) is 4.01. The molecule has 1 aliphatic heterocycles. The van der Waals surface area contributed by atoms with Crippen LogP contribution in [-0.2, 0) is 33.3 Å². The van der Waals surface area contributed by atoms with Crippen LogP contribution in [0, 0.1) is 28.5 Å². The fourth-order valence-electron chi connectivity index (χ4n) is 10.2. The molecule has 0 unspecified atom stereocenters. The number of hydrogen-bond donors (Lipinski definition) is 5. The standard InChI is InChI=1S/C44H53F2NO13/c1-22-29(58-38(54)35(52)33(25-13-15-26(46)16-14-25)47-39(55)60-40(3,4)20-45)19-44(56)27(17-28(49)24-11-9-8-10-12-24)36-42(7,37(53)34(51)32(22)41(44,5)6)30(50)18-31-43(36,21-57-31)59-23(2)48/h8-16,27,29-31,33-36,50-52,56H,17-21H2,1-7H3,(H,47,55)/t27-,29-,30-,31+,33-,34+,35+,36-,42+,43-,44+/m0/s1. The number of aliphatic hydroxyl groups excluding tert-OH is 3. The van der Waals surface area contributed by atoms with E-state index in [9.17, 15) is 53.2 Å². The minimum absolute atomic E-state index is 0.0307. The van der Waals surface area contributed by atoms with Crippen LogP contribution >= 0.6 is 0 Å². The quantitative estimate of drug-likeness (QED) is 0.0938. The second-order valence-electron chi connectivity index (χ2n) is 17.9. The molecule has 6 rings (SSSR count). The molecule has 1 heterocycles. The summed E-state index contributed by atoms with van der Waals surface area (Å²) in [5, 5.41) is 51.5. The van der Waals surface area contributed by atoms with Crippen LogP contribution < -0.4 is 5.32 Å². The molecule has 3 fully saturated rings. The van der Waals surface area contributed by atoms with Crippen molar-refractivity contribution < 1.29 is 72.1 Å². The number of esters is 2. The van der Waals surface area contributed by atoms with Gasteiger partial charge < -0.3 is 44.7 Å². The van der Waals surface area contributed by atoms with Gasteiger partial charge in [0.05, 0.1) is 29.8 Å². The SMILES string of the molecule is CC(=O)O[C@@]12CO[C@@H]1C[C@H](O)[C@@]1(C)C(=O)[C@H](O)C3=C(C)[C@@H](OC(=O)[C@H](O)[C@@H](NC(=O)OC(C)(C)CF)c4ccc(F)cc4)C[C@@](O)([C@@H](CC(=O)c4ccccc4)[C@H]21)C3(C)C. The Morgan fingerprint density at radius 3 is 2.23 bits per heavy atom. The Hall–Kier alpha value is -4.61. The minimum atomic E-state index is -2.23. The molecule has 3 aliphatic carbocycles. The maximum atomic E-state index is 15.0. The normalized spacial score (nSPS) is 33.0. The number of nitrogens with one attached hydrogen (secondary N) is 1. The van der Waals surface area contributed by atoms with Gasteiger partial charge in [-0.3, -0.25) is 14.4 Å². The molecule has 2 bridgehead atoms. The number of carbonyl (C=O) groups excluding carboxylic acids is 5. The van der Waals surface area contributed by atoms with Gasteiger partial charge in [-0.2, -0.15) is 0 Å². The summed E-state index contributed by atoms with van der Waals surface area (Å²) in [5.74, 6) is -6.86. The fraction of sp³-hybridized carbons (Fsp3) is 0.568. The van der Waals surface area contributed by atoms with Gasteiger partial charge in [0.1, 0.15) is 36.4 Å². The highest BCUT2D eigenvalue weighted by Crippen LogP contribution is 2.66. The summed E-state index contributed by atoms with van der Waals surface area (Å²) >= 11 is 0. The maximum Gasteiger partial charge on any atom is 0.408 e. The Balaban J connectivity index is 1.48. The van der Waals surface area contributed by atoms with Gasteiger partial charge in [-0.15, -0.1) is 0 Å². The molecule has 2 aromatic carbocycles. The Bertz CT molecular complexity index is 2060. The number of ketones is 2. The number of amides is 1. The number of aliphatic hydroxyl groups is 4. The van der Waals surface area contributed by atoms with Crippen LogP contribution in [-0.4, -0.2) is 111 Å². The van der Waals surface area contributed by atoms with Gasteiger partial charge in [0.25, 0.3) is 0 Å². The zero-order valence-corrected chi connectivity index (χ0v) is 34.6. The summed E-state index contributed by atoms with van der Waals surface area (Å²) in [7, 11) is 0. The maximum absolute atomic E-state index is 15.0. The number of fused-ring (bicyclic) bond motifs is 5. The van der Waals surface area contributed by atoms with Crippen molar-refractivity contribution in [2.75, 3.05) is 13.3 Å². The number of rotatable bonds is 11. The lowest BCUT2D eigenvalue weighted by Crippen LogP contribution is -2.80. The van der Waals surface area contributed by atoms with E-state index in [0.717, 1.165) is 19.1 Å². The molecule has 1 amide bonds. The molecule has 326 valence electrons. The number of halogens is 2. The molecule has 11 atom stereocenters. The molecular weight excluding hydrogens is 788 g/mol. The summed E-state index contributed by atoms with van der Waals surface area (Å²) in [6, 6.07) is 10.9. The van der Waals surface area contributed by atoms with Gasteiger partial charge in [-0.25, -0.2) is 18.4 Å². The highest BCUT2D eigenvalue weighted by Gasteiger charge is 2.76. The Morgan fingerprint density at radius 1 is 1.03 bits per heavy atom.